The van der Waals surface area contributed by atoms with Crippen LogP contribution in [0.4, 0.5) is 19.0 Å². The molecule has 1 aliphatic carbocycles. The van der Waals surface area contributed by atoms with Crippen LogP contribution in [0.5, 0.6) is 0 Å². The second kappa shape index (κ2) is 8.89. The molecule has 0 radical (unpaired) electrons. The van der Waals surface area contributed by atoms with E-state index in [9.17, 15) is 18.0 Å². The minimum absolute atomic E-state index is 0.0195. The number of benzene rings is 1. The summed E-state index contributed by atoms with van der Waals surface area (Å²) in [6.07, 6.45) is 7.72. The predicted molar refractivity (Wildman–Crippen MR) is 124 cm³/mol. The number of amides is 1. The number of alkyl halides is 2. The Labute approximate surface area is 204 Å². The van der Waals surface area contributed by atoms with Crippen molar-refractivity contribution in [2.75, 3.05) is 5.32 Å². The van der Waals surface area contributed by atoms with E-state index in [-0.39, 0.29) is 36.4 Å². The van der Waals surface area contributed by atoms with Gasteiger partial charge in [-0.3, -0.25) is 9.48 Å². The highest BCUT2D eigenvalue weighted by Gasteiger charge is 2.62. The Morgan fingerprint density at radius 2 is 1.92 bits per heavy atom. The predicted octanol–water partition coefficient (Wildman–Crippen LogP) is 4.46. The van der Waals surface area contributed by atoms with Crippen LogP contribution < -0.4 is 5.32 Å². The van der Waals surface area contributed by atoms with E-state index in [2.05, 4.69) is 25.5 Å². The lowest BCUT2D eigenvalue weighted by Gasteiger charge is -2.19. The van der Waals surface area contributed by atoms with Gasteiger partial charge in [0, 0.05) is 50.6 Å². The highest BCUT2D eigenvalue weighted by Crippen LogP contribution is 2.58. The fourth-order valence-corrected chi connectivity index (χ4v) is 4.16. The largest absolute Gasteiger partial charge is 0.358 e. The van der Waals surface area contributed by atoms with Crippen molar-refractivity contribution < 1.29 is 22.5 Å². The molecule has 0 saturated heterocycles. The van der Waals surface area contributed by atoms with Gasteiger partial charge in [-0.05, 0) is 35.6 Å². The number of anilines is 1. The van der Waals surface area contributed by atoms with Crippen LogP contribution in [0.2, 0.25) is 0 Å². The third-order valence-corrected chi connectivity index (χ3v) is 6.40. The molecule has 0 bridgehead atoms. The van der Waals surface area contributed by atoms with Gasteiger partial charge in [0.25, 0.3) is 5.92 Å². The highest BCUT2D eigenvalue weighted by atomic mass is 19.3. The molecule has 1 saturated carbocycles. The number of nitrogens with one attached hydrogen (secondary N) is 1. The summed E-state index contributed by atoms with van der Waals surface area (Å²) in [4.78, 5) is 21.1. The average molecular weight is 496 g/mol. The van der Waals surface area contributed by atoms with E-state index in [0.29, 0.717) is 23.4 Å². The fourth-order valence-electron chi connectivity index (χ4n) is 4.16. The third kappa shape index (κ3) is 4.73. The summed E-state index contributed by atoms with van der Waals surface area (Å²) < 4.78 is 49.3. The summed E-state index contributed by atoms with van der Waals surface area (Å²) in [6, 6.07) is 5.81. The molecule has 36 heavy (non-hydrogen) atoms. The molecule has 3 heterocycles. The molecule has 4 aromatic rings. The van der Waals surface area contributed by atoms with Gasteiger partial charge in [-0.25, -0.2) is 23.1 Å². The van der Waals surface area contributed by atoms with Crippen molar-refractivity contribution >= 4 is 11.7 Å². The summed E-state index contributed by atoms with van der Waals surface area (Å²) >= 11 is 0. The number of carbonyl (C=O) groups is 1. The molecule has 1 N–H and O–H groups in total. The zero-order valence-corrected chi connectivity index (χ0v) is 19.6. The minimum Gasteiger partial charge on any atom is -0.358 e. The van der Waals surface area contributed by atoms with E-state index in [1.54, 1.807) is 29.3 Å². The van der Waals surface area contributed by atoms with Gasteiger partial charge in [0.1, 0.15) is 11.6 Å². The normalized spacial score (nSPS) is 14.6. The molecule has 0 aliphatic heterocycles. The summed E-state index contributed by atoms with van der Waals surface area (Å²) in [5.41, 5.74) is 0.993. The number of carbonyl (C=O) groups excluding carboxylic acids is 1. The van der Waals surface area contributed by atoms with Gasteiger partial charge in [-0.1, -0.05) is 17.3 Å². The van der Waals surface area contributed by atoms with Crippen molar-refractivity contribution in [3.05, 3.63) is 77.6 Å². The number of aromatic nitrogens is 5. The molecule has 0 unspecified atom stereocenters. The molecular weight excluding hydrogens is 473 g/mol. The number of nitrogens with zero attached hydrogens (tertiary/aromatic N) is 5. The van der Waals surface area contributed by atoms with Crippen LogP contribution in [0.25, 0.3) is 11.1 Å². The maximum Gasteiger partial charge on any atom is 0.258 e. The summed E-state index contributed by atoms with van der Waals surface area (Å²) in [5, 5.41) is 10.3. The average Bonchev–Trinajstić information content (AvgIpc) is 3.37. The standard InChI is InChI=1S/C25H23F3N6O2/c1-24(27,28)25(5-6-25)20-10-22(33-36-20)32-23(35)9-17-4-3-16(8-19(17)26)18-12-29-21(30-13-18)7-15-11-31-34(2)14-15/h3-4,8,10-14H,5-7,9H2,1-2H3,(H,32,33,35). The molecule has 0 spiro atoms. The molecule has 0 atom stereocenters. The van der Waals surface area contributed by atoms with Gasteiger partial charge in [0.15, 0.2) is 11.6 Å². The zero-order valence-electron chi connectivity index (χ0n) is 19.6. The number of rotatable bonds is 8. The van der Waals surface area contributed by atoms with Gasteiger partial charge in [-0.15, -0.1) is 0 Å². The van der Waals surface area contributed by atoms with E-state index in [1.165, 1.54) is 18.2 Å². The van der Waals surface area contributed by atoms with Gasteiger partial charge in [0.05, 0.1) is 18.0 Å². The number of hydrogen-bond donors (Lipinski definition) is 1. The lowest BCUT2D eigenvalue weighted by Crippen LogP contribution is -2.29. The Hall–Kier alpha value is -4.02. The molecular formula is C25H23F3N6O2. The monoisotopic (exact) mass is 496 g/mol. The van der Waals surface area contributed by atoms with Crippen molar-refractivity contribution in [2.45, 2.75) is 43.9 Å². The Bertz CT molecular complexity index is 1400. The molecule has 1 aromatic carbocycles. The molecule has 3 aromatic heterocycles. The maximum absolute atomic E-state index is 14.8. The summed E-state index contributed by atoms with van der Waals surface area (Å²) in [5.74, 6) is -3.39. The first-order valence-electron chi connectivity index (χ1n) is 11.4. The number of aryl methyl sites for hydroxylation is 1. The number of halogens is 3. The van der Waals surface area contributed by atoms with Crippen molar-refractivity contribution in [3.8, 4) is 11.1 Å². The zero-order chi connectivity index (χ0) is 25.5. The van der Waals surface area contributed by atoms with E-state index in [4.69, 9.17) is 4.52 Å². The second-order valence-corrected chi connectivity index (χ2v) is 9.17. The third-order valence-electron chi connectivity index (χ3n) is 6.40. The van der Waals surface area contributed by atoms with E-state index in [1.807, 2.05) is 13.2 Å². The number of hydrogen-bond acceptors (Lipinski definition) is 6. The van der Waals surface area contributed by atoms with Gasteiger partial charge >= 0.3 is 0 Å². The van der Waals surface area contributed by atoms with Gasteiger partial charge < -0.3 is 9.84 Å². The van der Waals surface area contributed by atoms with Crippen LogP contribution in [-0.4, -0.2) is 36.7 Å². The van der Waals surface area contributed by atoms with Crippen LogP contribution in [0, 0.1) is 5.82 Å². The lowest BCUT2D eigenvalue weighted by atomic mass is 9.96. The molecule has 5 rings (SSSR count). The van der Waals surface area contributed by atoms with Crippen molar-refractivity contribution in [3.63, 3.8) is 0 Å². The Balaban J connectivity index is 1.22. The van der Waals surface area contributed by atoms with Crippen LogP contribution in [0.3, 0.4) is 0 Å². The quantitative estimate of drug-likeness (QED) is 0.387. The first kappa shape index (κ1) is 23.7. The first-order chi connectivity index (χ1) is 17.1. The van der Waals surface area contributed by atoms with Gasteiger partial charge in [0.2, 0.25) is 5.91 Å². The van der Waals surface area contributed by atoms with E-state index in [0.717, 1.165) is 12.5 Å². The SMILES string of the molecule is Cn1cc(Cc2ncc(-c3ccc(CC(=O)Nc4cc(C5(C(C)(F)F)CC5)on4)c(F)c3)cn2)cn1. The summed E-state index contributed by atoms with van der Waals surface area (Å²) in [6.45, 7) is 0.843. The maximum atomic E-state index is 14.8. The van der Waals surface area contributed by atoms with Gasteiger partial charge in [-0.2, -0.15) is 5.10 Å². The molecule has 11 heteroatoms. The molecule has 1 aliphatic rings. The van der Waals surface area contributed by atoms with Crippen LogP contribution in [0.1, 0.15) is 42.5 Å². The topological polar surface area (TPSA) is 98.7 Å². The van der Waals surface area contributed by atoms with Crippen molar-refractivity contribution in [2.24, 2.45) is 7.05 Å². The molecule has 1 amide bonds. The summed E-state index contributed by atoms with van der Waals surface area (Å²) in [7, 11) is 1.83. The van der Waals surface area contributed by atoms with E-state index >= 15 is 0 Å². The Kier molecular flexibility index (Phi) is 5.85. The lowest BCUT2D eigenvalue weighted by molar-refractivity contribution is -0.115. The fraction of sp³-hybridized carbons (Fsp3) is 0.320. The van der Waals surface area contributed by atoms with E-state index < -0.39 is 23.1 Å². The first-order valence-corrected chi connectivity index (χ1v) is 11.4. The second-order valence-electron chi connectivity index (χ2n) is 9.17. The molecule has 8 nitrogen and oxygen atoms in total. The van der Waals surface area contributed by atoms with Crippen LogP contribution >= 0.6 is 0 Å². The van der Waals surface area contributed by atoms with Crippen molar-refractivity contribution in [1.29, 1.82) is 0 Å². The molecule has 186 valence electrons. The van der Waals surface area contributed by atoms with Crippen LogP contribution in [-0.2, 0) is 30.1 Å². The van der Waals surface area contributed by atoms with Crippen LogP contribution in [0.15, 0.2) is 53.6 Å². The minimum atomic E-state index is -2.95. The Morgan fingerprint density at radius 3 is 2.53 bits per heavy atom. The smallest absolute Gasteiger partial charge is 0.258 e. The highest BCUT2D eigenvalue weighted by molar-refractivity contribution is 5.91. The Morgan fingerprint density at radius 1 is 1.17 bits per heavy atom. The molecule has 1 fully saturated rings. The van der Waals surface area contributed by atoms with Crippen molar-refractivity contribution in [1.82, 2.24) is 24.9 Å².